The van der Waals surface area contributed by atoms with Gasteiger partial charge < -0.3 is 10.5 Å². The van der Waals surface area contributed by atoms with Crippen molar-refractivity contribution in [1.82, 2.24) is 9.78 Å². The van der Waals surface area contributed by atoms with Crippen molar-refractivity contribution in [3.05, 3.63) is 71.3 Å². The fourth-order valence-electron chi connectivity index (χ4n) is 2.87. The predicted octanol–water partition coefficient (Wildman–Crippen LogP) is 3.99. The van der Waals surface area contributed by atoms with Gasteiger partial charge in [-0.15, -0.1) is 0 Å². The monoisotopic (exact) mass is 366 g/mol. The van der Waals surface area contributed by atoms with Crippen molar-refractivity contribution < 1.29 is 14.4 Å². The number of aromatic nitrogens is 2. The summed E-state index contributed by atoms with van der Waals surface area (Å²) in [5, 5.41) is 18.8. The van der Waals surface area contributed by atoms with Crippen LogP contribution >= 0.6 is 0 Å². The molecule has 1 heterocycles. The maximum Gasteiger partial charge on any atom is 0.262 e. The maximum atomic E-state index is 14.2. The van der Waals surface area contributed by atoms with Gasteiger partial charge in [-0.1, -0.05) is 47.6 Å². The van der Waals surface area contributed by atoms with Gasteiger partial charge >= 0.3 is 0 Å². The third kappa shape index (κ3) is 3.57. The fraction of sp³-hybridized carbons (Fsp3) is 0.150. The Bertz CT molecular complexity index is 1020. The minimum absolute atomic E-state index is 0.0718. The number of aryl methyl sites for hydroxylation is 2. The van der Waals surface area contributed by atoms with Crippen LogP contribution in [-0.2, 0) is 7.05 Å². The van der Waals surface area contributed by atoms with E-state index in [1.807, 2.05) is 36.4 Å². The molecule has 0 saturated carbocycles. The molecule has 3 rings (SSSR count). The Labute approximate surface area is 155 Å². The molecule has 138 valence electrons. The van der Waals surface area contributed by atoms with Crippen LogP contribution in [0.1, 0.15) is 28.5 Å². The minimum atomic E-state index is -0.675. The van der Waals surface area contributed by atoms with Crippen molar-refractivity contribution in [2.24, 2.45) is 12.2 Å². The Hall–Kier alpha value is -3.48. The first-order valence-corrected chi connectivity index (χ1v) is 8.31. The Kier molecular flexibility index (Phi) is 5.03. The van der Waals surface area contributed by atoms with Gasteiger partial charge in [0.2, 0.25) is 5.95 Å². The van der Waals surface area contributed by atoms with Gasteiger partial charge in [0.15, 0.2) is 0 Å². The number of carbonyl (C=O) groups is 1. The van der Waals surface area contributed by atoms with Crippen molar-refractivity contribution in [3.8, 4) is 11.1 Å². The van der Waals surface area contributed by atoms with Gasteiger partial charge in [0.05, 0.1) is 11.4 Å². The minimum Gasteiger partial charge on any atom is -0.411 e. The Morgan fingerprint density at radius 2 is 1.85 bits per heavy atom. The molecule has 1 aromatic heterocycles. The maximum absolute atomic E-state index is 14.2. The van der Waals surface area contributed by atoms with Crippen LogP contribution in [0.5, 0.6) is 0 Å². The third-order valence-electron chi connectivity index (χ3n) is 4.32. The number of benzene rings is 2. The summed E-state index contributed by atoms with van der Waals surface area (Å²) in [5.41, 5.74) is 3.76. The van der Waals surface area contributed by atoms with Crippen LogP contribution in [0.4, 0.5) is 10.1 Å². The first kappa shape index (κ1) is 18.3. The normalized spacial score (nSPS) is 11.5. The molecule has 0 aliphatic rings. The highest BCUT2D eigenvalue weighted by molar-refractivity contribution is 6.07. The van der Waals surface area contributed by atoms with E-state index in [4.69, 9.17) is 5.21 Å². The lowest BCUT2D eigenvalue weighted by atomic mass is 10.0. The molecule has 2 aromatic carbocycles. The molecular weight excluding hydrogens is 347 g/mol. The predicted molar refractivity (Wildman–Crippen MR) is 102 cm³/mol. The summed E-state index contributed by atoms with van der Waals surface area (Å²) in [5.74, 6) is -1.23. The van der Waals surface area contributed by atoms with Crippen LogP contribution in [0.15, 0.2) is 53.7 Å². The lowest BCUT2D eigenvalue weighted by Crippen LogP contribution is -2.15. The van der Waals surface area contributed by atoms with Crippen LogP contribution < -0.4 is 5.32 Å². The topological polar surface area (TPSA) is 79.5 Å². The second-order valence-electron chi connectivity index (χ2n) is 6.14. The summed E-state index contributed by atoms with van der Waals surface area (Å²) in [6, 6.07) is 14.7. The van der Waals surface area contributed by atoms with Crippen molar-refractivity contribution >= 4 is 17.3 Å². The molecule has 27 heavy (non-hydrogen) atoms. The number of nitrogens with one attached hydrogen (secondary N) is 1. The molecule has 6 nitrogen and oxygen atoms in total. The lowest BCUT2D eigenvalue weighted by molar-refractivity contribution is 0.102. The first-order valence-electron chi connectivity index (χ1n) is 8.31. The Balaban J connectivity index is 1.94. The number of nitrogens with zero attached hydrogens (tertiary/aromatic N) is 3. The molecule has 0 radical (unpaired) electrons. The van der Waals surface area contributed by atoms with Gasteiger partial charge in [0.25, 0.3) is 5.91 Å². The number of para-hydroxylation sites is 1. The van der Waals surface area contributed by atoms with E-state index in [1.54, 1.807) is 26.0 Å². The van der Waals surface area contributed by atoms with E-state index in [9.17, 15) is 9.18 Å². The highest BCUT2D eigenvalue weighted by Crippen LogP contribution is 2.29. The van der Waals surface area contributed by atoms with Crippen LogP contribution in [0.3, 0.4) is 0 Å². The number of oxime groups is 1. The smallest absolute Gasteiger partial charge is 0.262 e. The standard InChI is InChI=1S/C20H19FN4O2/c1-12(24-27)14-8-10-15(11-9-14)16-6-4-5-7-17(16)22-20(26)18-13(2)23-25(3)19(18)21/h4-11,27H,1-3H3,(H,22,26)/b24-12+. The van der Waals surface area contributed by atoms with E-state index in [1.165, 1.54) is 7.05 Å². The number of amides is 1. The average Bonchev–Trinajstić information content (AvgIpc) is 2.93. The number of hydrogen-bond donors (Lipinski definition) is 2. The summed E-state index contributed by atoms with van der Waals surface area (Å²) in [7, 11) is 1.45. The van der Waals surface area contributed by atoms with Gasteiger partial charge in [-0.3, -0.25) is 4.79 Å². The SMILES string of the molecule is C/C(=N\O)c1ccc(-c2ccccc2NC(=O)c2c(C)nn(C)c2F)cc1. The van der Waals surface area contributed by atoms with Crippen LogP contribution in [0, 0.1) is 12.9 Å². The zero-order valence-electron chi connectivity index (χ0n) is 15.2. The molecule has 7 heteroatoms. The number of hydrogen-bond acceptors (Lipinski definition) is 4. The van der Waals surface area contributed by atoms with Crippen LogP contribution in [-0.4, -0.2) is 26.6 Å². The summed E-state index contributed by atoms with van der Waals surface area (Å²) in [4.78, 5) is 12.6. The number of carbonyl (C=O) groups excluding carboxylic acids is 1. The zero-order valence-corrected chi connectivity index (χ0v) is 15.2. The highest BCUT2D eigenvalue weighted by Gasteiger charge is 2.21. The number of halogens is 1. The highest BCUT2D eigenvalue weighted by atomic mass is 19.1. The second-order valence-corrected chi connectivity index (χ2v) is 6.14. The van der Waals surface area contributed by atoms with E-state index in [0.717, 1.165) is 21.4 Å². The first-order chi connectivity index (χ1) is 12.9. The van der Waals surface area contributed by atoms with E-state index in [0.29, 0.717) is 17.1 Å². The van der Waals surface area contributed by atoms with Crippen molar-refractivity contribution in [2.75, 3.05) is 5.32 Å². The van der Waals surface area contributed by atoms with Gasteiger partial charge in [-0.2, -0.15) is 9.49 Å². The zero-order chi connectivity index (χ0) is 19.6. The molecule has 0 unspecified atom stereocenters. The van der Waals surface area contributed by atoms with Gasteiger partial charge in [-0.25, -0.2) is 4.68 Å². The molecule has 0 aliphatic heterocycles. The van der Waals surface area contributed by atoms with E-state index >= 15 is 0 Å². The second kappa shape index (κ2) is 7.41. The average molecular weight is 366 g/mol. The summed E-state index contributed by atoms with van der Waals surface area (Å²) in [6.45, 7) is 3.29. The molecule has 0 saturated heterocycles. The van der Waals surface area contributed by atoms with Gasteiger partial charge in [0, 0.05) is 18.3 Å². The van der Waals surface area contributed by atoms with Crippen LogP contribution in [0.2, 0.25) is 0 Å². The Morgan fingerprint density at radius 3 is 2.44 bits per heavy atom. The molecule has 0 bridgehead atoms. The van der Waals surface area contributed by atoms with Crippen molar-refractivity contribution in [1.29, 1.82) is 0 Å². The largest absolute Gasteiger partial charge is 0.411 e. The molecule has 2 N–H and O–H groups in total. The summed E-state index contributed by atoms with van der Waals surface area (Å²) < 4.78 is 15.2. The molecule has 0 aliphatic carbocycles. The molecule has 1 amide bonds. The summed E-state index contributed by atoms with van der Waals surface area (Å²) in [6.07, 6.45) is 0. The van der Waals surface area contributed by atoms with Crippen molar-refractivity contribution in [2.45, 2.75) is 13.8 Å². The molecule has 0 fully saturated rings. The van der Waals surface area contributed by atoms with Gasteiger partial charge in [0.1, 0.15) is 5.56 Å². The third-order valence-corrected chi connectivity index (χ3v) is 4.32. The molecular formula is C20H19FN4O2. The van der Waals surface area contributed by atoms with E-state index < -0.39 is 11.9 Å². The fourth-order valence-corrected chi connectivity index (χ4v) is 2.87. The van der Waals surface area contributed by atoms with E-state index in [2.05, 4.69) is 15.6 Å². The molecule has 0 atom stereocenters. The summed E-state index contributed by atoms with van der Waals surface area (Å²) >= 11 is 0. The quantitative estimate of drug-likeness (QED) is 0.416. The van der Waals surface area contributed by atoms with Crippen molar-refractivity contribution in [3.63, 3.8) is 0 Å². The molecule has 3 aromatic rings. The Morgan fingerprint density at radius 1 is 1.19 bits per heavy atom. The van der Waals surface area contributed by atoms with E-state index in [-0.39, 0.29) is 5.56 Å². The van der Waals surface area contributed by atoms with Crippen LogP contribution in [0.25, 0.3) is 11.1 Å². The van der Waals surface area contributed by atoms with Gasteiger partial charge in [-0.05, 0) is 31.0 Å². The number of anilines is 1. The molecule has 0 spiro atoms. The lowest BCUT2D eigenvalue weighted by Gasteiger charge is -2.12. The number of rotatable bonds is 4.